The fraction of sp³-hybridized carbons (Fsp3) is 0.259. The fourth-order valence-corrected chi connectivity index (χ4v) is 5.75. The Morgan fingerprint density at radius 2 is 1.51 bits per heavy atom. The minimum atomic E-state index is -3.64. The molecule has 0 aliphatic carbocycles. The first-order valence-corrected chi connectivity index (χ1v) is 13.1. The molecule has 1 aliphatic rings. The van der Waals surface area contributed by atoms with Crippen LogP contribution in [0.4, 0.5) is 5.69 Å². The van der Waals surface area contributed by atoms with Gasteiger partial charge in [0.25, 0.3) is 5.91 Å². The highest BCUT2D eigenvalue weighted by Gasteiger charge is 2.30. The van der Waals surface area contributed by atoms with Gasteiger partial charge in [-0.05, 0) is 60.7 Å². The smallest absolute Gasteiger partial charge is 0.251 e. The topological polar surface area (TPSA) is 95.6 Å². The molecule has 0 bridgehead atoms. The number of anilines is 1. The molecule has 0 aromatic heterocycles. The van der Waals surface area contributed by atoms with E-state index in [9.17, 15) is 18.0 Å². The van der Waals surface area contributed by atoms with Crippen molar-refractivity contribution in [3.05, 3.63) is 95.6 Å². The number of nitrogens with zero attached hydrogens (tertiary/aromatic N) is 1. The molecule has 0 saturated carbocycles. The second kappa shape index (κ2) is 10.8. The van der Waals surface area contributed by atoms with Crippen LogP contribution < -0.4 is 10.6 Å². The zero-order chi connectivity index (χ0) is 24.8. The van der Waals surface area contributed by atoms with Gasteiger partial charge in [-0.25, -0.2) is 8.42 Å². The van der Waals surface area contributed by atoms with E-state index in [1.165, 1.54) is 23.4 Å². The standard InChI is InChI=1S/C27H29N3O4S/c1-20(31)28-23-11-13-25(14-12-23)35(33,34)30-17-15-24(16-18-30)29-27(32)26-10-6-5-9-22(26)19-21-7-3-2-4-8-21/h2-14,24H,15-19H2,1H3,(H,28,31)(H,29,32). The van der Waals surface area contributed by atoms with Crippen LogP contribution in [0.1, 0.15) is 41.3 Å². The molecular weight excluding hydrogens is 462 g/mol. The molecule has 8 heteroatoms. The van der Waals surface area contributed by atoms with Gasteiger partial charge in [-0.1, -0.05) is 48.5 Å². The highest BCUT2D eigenvalue weighted by atomic mass is 32.2. The van der Waals surface area contributed by atoms with Gasteiger partial charge in [-0.3, -0.25) is 9.59 Å². The minimum Gasteiger partial charge on any atom is -0.349 e. The van der Waals surface area contributed by atoms with Crippen molar-refractivity contribution in [2.75, 3.05) is 18.4 Å². The maximum Gasteiger partial charge on any atom is 0.251 e. The summed E-state index contributed by atoms with van der Waals surface area (Å²) in [6, 6.07) is 23.7. The van der Waals surface area contributed by atoms with E-state index in [2.05, 4.69) is 10.6 Å². The van der Waals surface area contributed by atoms with E-state index < -0.39 is 10.0 Å². The first kappa shape index (κ1) is 24.6. The normalized spacial score (nSPS) is 14.9. The number of hydrogen-bond acceptors (Lipinski definition) is 4. The van der Waals surface area contributed by atoms with Gasteiger partial charge in [0.05, 0.1) is 4.90 Å². The van der Waals surface area contributed by atoms with Gasteiger partial charge in [0.1, 0.15) is 0 Å². The van der Waals surface area contributed by atoms with Crippen LogP contribution in [-0.2, 0) is 21.2 Å². The van der Waals surface area contributed by atoms with Gasteiger partial charge < -0.3 is 10.6 Å². The summed E-state index contributed by atoms with van der Waals surface area (Å²) in [5.41, 5.74) is 3.28. The van der Waals surface area contributed by atoms with Gasteiger partial charge >= 0.3 is 0 Å². The number of benzene rings is 3. The van der Waals surface area contributed by atoms with E-state index in [1.54, 1.807) is 12.1 Å². The number of piperidine rings is 1. The molecule has 1 aliphatic heterocycles. The summed E-state index contributed by atoms with van der Waals surface area (Å²) >= 11 is 0. The van der Waals surface area contributed by atoms with E-state index in [4.69, 9.17) is 0 Å². The number of hydrogen-bond donors (Lipinski definition) is 2. The summed E-state index contributed by atoms with van der Waals surface area (Å²) < 4.78 is 27.5. The highest BCUT2D eigenvalue weighted by molar-refractivity contribution is 7.89. The first-order chi connectivity index (χ1) is 16.8. The second-order valence-electron chi connectivity index (χ2n) is 8.68. The summed E-state index contributed by atoms with van der Waals surface area (Å²) in [5.74, 6) is -0.348. The van der Waals surface area contributed by atoms with Crippen LogP contribution in [0.2, 0.25) is 0 Å². The minimum absolute atomic E-state index is 0.0964. The van der Waals surface area contributed by atoms with Crippen molar-refractivity contribution >= 4 is 27.5 Å². The monoisotopic (exact) mass is 491 g/mol. The molecule has 3 aromatic carbocycles. The second-order valence-corrected chi connectivity index (χ2v) is 10.6. The Morgan fingerprint density at radius 1 is 0.886 bits per heavy atom. The van der Waals surface area contributed by atoms with Crippen LogP contribution in [0.15, 0.2) is 83.8 Å². The molecule has 35 heavy (non-hydrogen) atoms. The molecule has 0 atom stereocenters. The molecule has 4 rings (SSSR count). The highest BCUT2D eigenvalue weighted by Crippen LogP contribution is 2.23. The Morgan fingerprint density at radius 3 is 2.17 bits per heavy atom. The number of carbonyl (C=O) groups excluding carboxylic acids is 2. The van der Waals surface area contributed by atoms with Crippen LogP contribution >= 0.6 is 0 Å². The Labute approximate surface area is 206 Å². The van der Waals surface area contributed by atoms with Crippen LogP contribution in [0.25, 0.3) is 0 Å². The van der Waals surface area contributed by atoms with Gasteiger partial charge in [0, 0.05) is 37.3 Å². The van der Waals surface area contributed by atoms with Crippen molar-refractivity contribution < 1.29 is 18.0 Å². The van der Waals surface area contributed by atoms with Crippen LogP contribution in [0.3, 0.4) is 0 Å². The van der Waals surface area contributed by atoms with Crippen molar-refractivity contribution in [2.24, 2.45) is 0 Å². The largest absolute Gasteiger partial charge is 0.349 e. The van der Waals surface area contributed by atoms with Gasteiger partial charge in [0.2, 0.25) is 15.9 Å². The van der Waals surface area contributed by atoms with Crippen molar-refractivity contribution in [3.63, 3.8) is 0 Å². The molecular formula is C27H29N3O4S. The van der Waals surface area contributed by atoms with E-state index in [1.807, 2.05) is 54.6 Å². The Hall–Kier alpha value is -3.49. The fourth-order valence-electron chi connectivity index (χ4n) is 4.28. The summed E-state index contributed by atoms with van der Waals surface area (Å²) in [6.45, 7) is 2.05. The molecule has 1 saturated heterocycles. The average molecular weight is 492 g/mol. The van der Waals surface area contributed by atoms with Crippen LogP contribution in [-0.4, -0.2) is 43.7 Å². The summed E-state index contributed by atoms with van der Waals surface area (Å²) in [4.78, 5) is 24.4. The van der Waals surface area contributed by atoms with Crippen molar-refractivity contribution in [2.45, 2.75) is 37.1 Å². The maximum atomic E-state index is 13.1. The number of nitrogens with one attached hydrogen (secondary N) is 2. The number of amides is 2. The molecule has 7 nitrogen and oxygen atoms in total. The Balaban J connectivity index is 1.36. The number of sulfonamides is 1. The predicted molar refractivity (Wildman–Crippen MR) is 136 cm³/mol. The lowest BCUT2D eigenvalue weighted by Gasteiger charge is -2.31. The third kappa shape index (κ3) is 6.15. The lowest BCUT2D eigenvalue weighted by molar-refractivity contribution is -0.114. The molecule has 182 valence electrons. The van der Waals surface area contributed by atoms with Crippen molar-refractivity contribution in [3.8, 4) is 0 Å². The Bertz CT molecular complexity index is 1280. The zero-order valence-electron chi connectivity index (χ0n) is 19.6. The summed E-state index contributed by atoms with van der Waals surface area (Å²) in [6.07, 6.45) is 1.74. The average Bonchev–Trinajstić information content (AvgIpc) is 2.85. The third-order valence-corrected chi connectivity index (χ3v) is 8.01. The molecule has 2 N–H and O–H groups in total. The van der Waals surface area contributed by atoms with Gasteiger partial charge in [0.15, 0.2) is 0 Å². The van der Waals surface area contributed by atoms with Crippen molar-refractivity contribution in [1.82, 2.24) is 9.62 Å². The quantitative estimate of drug-likeness (QED) is 0.525. The van der Waals surface area contributed by atoms with Gasteiger partial charge in [-0.15, -0.1) is 0 Å². The van der Waals surface area contributed by atoms with E-state index in [0.717, 1.165) is 11.1 Å². The van der Waals surface area contributed by atoms with E-state index >= 15 is 0 Å². The summed E-state index contributed by atoms with van der Waals surface area (Å²) in [5, 5.41) is 5.73. The lowest BCUT2D eigenvalue weighted by Crippen LogP contribution is -2.46. The van der Waals surface area contributed by atoms with Crippen LogP contribution in [0.5, 0.6) is 0 Å². The van der Waals surface area contributed by atoms with Gasteiger partial charge in [-0.2, -0.15) is 4.31 Å². The zero-order valence-corrected chi connectivity index (χ0v) is 20.4. The molecule has 0 spiro atoms. The molecule has 0 radical (unpaired) electrons. The lowest BCUT2D eigenvalue weighted by atomic mass is 9.98. The number of carbonyl (C=O) groups is 2. The van der Waals surface area contributed by atoms with E-state index in [-0.39, 0.29) is 22.8 Å². The molecule has 3 aromatic rings. The Kier molecular flexibility index (Phi) is 7.63. The van der Waals surface area contributed by atoms with Crippen LogP contribution in [0, 0.1) is 0 Å². The summed E-state index contributed by atoms with van der Waals surface area (Å²) in [7, 11) is -3.64. The predicted octanol–water partition coefficient (Wildman–Crippen LogP) is 3.82. The molecule has 2 amide bonds. The number of rotatable bonds is 7. The SMILES string of the molecule is CC(=O)Nc1ccc(S(=O)(=O)N2CCC(NC(=O)c3ccccc3Cc3ccccc3)CC2)cc1. The van der Waals surface area contributed by atoms with Crippen molar-refractivity contribution in [1.29, 1.82) is 0 Å². The van der Waals surface area contributed by atoms with E-state index in [0.29, 0.717) is 43.6 Å². The third-order valence-electron chi connectivity index (χ3n) is 6.10. The molecule has 1 fully saturated rings. The molecule has 1 heterocycles. The molecule has 0 unspecified atom stereocenters. The maximum absolute atomic E-state index is 13.1. The first-order valence-electron chi connectivity index (χ1n) is 11.6.